The van der Waals surface area contributed by atoms with Crippen molar-refractivity contribution in [3.63, 3.8) is 0 Å². The van der Waals surface area contributed by atoms with Gasteiger partial charge in [0.05, 0.1) is 13.2 Å². The van der Waals surface area contributed by atoms with Gasteiger partial charge in [-0.1, -0.05) is 23.7 Å². The van der Waals surface area contributed by atoms with Gasteiger partial charge < -0.3 is 10.1 Å². The van der Waals surface area contributed by atoms with Crippen LogP contribution in [-0.2, 0) is 11.3 Å². The molecule has 0 fully saturated rings. The van der Waals surface area contributed by atoms with E-state index >= 15 is 0 Å². The van der Waals surface area contributed by atoms with Crippen LogP contribution >= 0.6 is 11.6 Å². The van der Waals surface area contributed by atoms with Crippen LogP contribution in [0.5, 0.6) is 0 Å². The minimum Gasteiger partial charge on any atom is -0.383 e. The second-order valence-electron chi connectivity index (χ2n) is 3.94. The van der Waals surface area contributed by atoms with E-state index in [1.54, 1.807) is 7.11 Å². The molecule has 0 bridgehead atoms. The molecule has 0 aliphatic heterocycles. The van der Waals surface area contributed by atoms with Crippen molar-refractivity contribution in [1.29, 1.82) is 0 Å². The topological polar surface area (TPSA) is 71.7 Å². The van der Waals surface area contributed by atoms with Crippen molar-refractivity contribution in [2.45, 2.75) is 19.5 Å². The summed E-state index contributed by atoms with van der Waals surface area (Å²) in [5, 5.41) is 3.83. The lowest BCUT2D eigenvalue weighted by Gasteiger charge is -2.15. The molecule has 0 aromatic heterocycles. The Morgan fingerprint density at radius 3 is 2.67 bits per heavy atom. The molecule has 1 unspecified atom stereocenters. The number of guanidine groups is 1. The number of hydrogen-bond acceptors (Lipinski definition) is 3. The van der Waals surface area contributed by atoms with Crippen LogP contribution < -0.4 is 16.6 Å². The first-order valence-electron chi connectivity index (χ1n) is 5.66. The average molecular weight is 271 g/mol. The zero-order valence-electron chi connectivity index (χ0n) is 10.6. The second-order valence-corrected chi connectivity index (χ2v) is 4.37. The van der Waals surface area contributed by atoms with Crippen LogP contribution in [0.4, 0.5) is 0 Å². The van der Waals surface area contributed by atoms with Crippen molar-refractivity contribution in [2.75, 3.05) is 13.7 Å². The van der Waals surface area contributed by atoms with E-state index in [-0.39, 0.29) is 6.04 Å². The Kier molecular flexibility index (Phi) is 6.49. The molecular formula is C12H19ClN4O. The Balaban J connectivity index is 2.54. The zero-order chi connectivity index (χ0) is 13.4. The fourth-order valence-electron chi connectivity index (χ4n) is 1.42. The number of halogens is 1. The zero-order valence-corrected chi connectivity index (χ0v) is 11.4. The summed E-state index contributed by atoms with van der Waals surface area (Å²) >= 11 is 5.81. The third-order valence-corrected chi connectivity index (χ3v) is 2.52. The third kappa shape index (κ3) is 5.35. The normalized spacial score (nSPS) is 13.2. The van der Waals surface area contributed by atoms with Crippen LogP contribution in [0.25, 0.3) is 0 Å². The minimum atomic E-state index is 0.134. The second kappa shape index (κ2) is 7.92. The molecule has 1 aromatic rings. The Labute approximate surface area is 112 Å². The summed E-state index contributed by atoms with van der Waals surface area (Å²) in [5.41, 5.74) is 3.59. The predicted octanol–water partition coefficient (Wildman–Crippen LogP) is 1.28. The molecular weight excluding hydrogens is 252 g/mol. The van der Waals surface area contributed by atoms with Crippen LogP contribution in [0, 0.1) is 0 Å². The number of methoxy groups -OCH3 is 1. The van der Waals surface area contributed by atoms with Gasteiger partial charge in [0.2, 0.25) is 5.96 Å². The van der Waals surface area contributed by atoms with E-state index in [1.807, 2.05) is 31.2 Å². The highest BCUT2D eigenvalue weighted by atomic mass is 35.5. The van der Waals surface area contributed by atoms with Gasteiger partial charge in [-0.3, -0.25) is 5.43 Å². The Morgan fingerprint density at radius 2 is 2.11 bits per heavy atom. The van der Waals surface area contributed by atoms with E-state index < -0.39 is 0 Å². The fraction of sp³-hybridized carbons (Fsp3) is 0.417. The SMILES string of the molecule is COCC(C)NC(=NCc1ccc(Cl)cc1)NN. The first-order chi connectivity index (χ1) is 8.65. The minimum absolute atomic E-state index is 0.134. The highest BCUT2D eigenvalue weighted by molar-refractivity contribution is 6.30. The quantitative estimate of drug-likeness (QED) is 0.326. The van der Waals surface area contributed by atoms with Crippen LogP contribution in [-0.4, -0.2) is 25.7 Å². The van der Waals surface area contributed by atoms with Crippen LogP contribution in [0.15, 0.2) is 29.3 Å². The van der Waals surface area contributed by atoms with Crippen LogP contribution in [0.2, 0.25) is 5.02 Å². The van der Waals surface area contributed by atoms with Crippen LogP contribution in [0.3, 0.4) is 0 Å². The number of benzene rings is 1. The summed E-state index contributed by atoms with van der Waals surface area (Å²) < 4.78 is 5.02. The number of aliphatic imine (C=N–C) groups is 1. The van der Waals surface area contributed by atoms with E-state index in [4.69, 9.17) is 22.2 Å². The first kappa shape index (κ1) is 14.8. The molecule has 5 nitrogen and oxygen atoms in total. The summed E-state index contributed by atoms with van der Waals surface area (Å²) in [5.74, 6) is 5.94. The average Bonchev–Trinajstić information content (AvgIpc) is 2.36. The maximum atomic E-state index is 5.81. The maximum Gasteiger partial charge on any atom is 0.206 e. The molecule has 0 aliphatic rings. The largest absolute Gasteiger partial charge is 0.383 e. The van der Waals surface area contributed by atoms with E-state index in [2.05, 4.69) is 15.7 Å². The molecule has 0 heterocycles. The van der Waals surface area contributed by atoms with Crippen molar-refractivity contribution < 1.29 is 4.74 Å². The van der Waals surface area contributed by atoms with E-state index in [1.165, 1.54) is 0 Å². The molecule has 1 aromatic carbocycles. The Bertz CT molecular complexity index is 380. The molecule has 0 aliphatic carbocycles. The number of nitrogens with zero attached hydrogens (tertiary/aromatic N) is 1. The maximum absolute atomic E-state index is 5.81. The van der Waals surface area contributed by atoms with Gasteiger partial charge in [-0.05, 0) is 24.6 Å². The van der Waals surface area contributed by atoms with Crippen molar-refractivity contribution in [2.24, 2.45) is 10.8 Å². The molecule has 0 radical (unpaired) electrons. The van der Waals surface area contributed by atoms with E-state index in [0.717, 1.165) is 5.56 Å². The number of ether oxygens (including phenoxy) is 1. The highest BCUT2D eigenvalue weighted by Crippen LogP contribution is 2.09. The molecule has 6 heteroatoms. The lowest BCUT2D eigenvalue weighted by molar-refractivity contribution is 0.179. The Hall–Kier alpha value is -1.30. The summed E-state index contributed by atoms with van der Waals surface area (Å²) in [6.07, 6.45) is 0. The fourth-order valence-corrected chi connectivity index (χ4v) is 1.54. The van der Waals surface area contributed by atoms with E-state index in [9.17, 15) is 0 Å². The van der Waals surface area contributed by atoms with Gasteiger partial charge in [-0.15, -0.1) is 0 Å². The smallest absolute Gasteiger partial charge is 0.206 e. The molecule has 1 rings (SSSR count). The summed E-state index contributed by atoms with van der Waals surface area (Å²) in [4.78, 5) is 4.34. The monoisotopic (exact) mass is 270 g/mol. The lowest BCUT2D eigenvalue weighted by Crippen LogP contribution is -2.46. The number of hydrogen-bond donors (Lipinski definition) is 3. The number of rotatable bonds is 5. The van der Waals surface area contributed by atoms with Gasteiger partial charge in [0, 0.05) is 18.2 Å². The molecule has 1 atom stereocenters. The van der Waals surface area contributed by atoms with Gasteiger partial charge in [0.15, 0.2) is 0 Å². The third-order valence-electron chi connectivity index (χ3n) is 2.27. The van der Waals surface area contributed by atoms with Gasteiger partial charge in [0.25, 0.3) is 0 Å². The molecule has 0 saturated heterocycles. The van der Waals surface area contributed by atoms with Gasteiger partial charge in [-0.2, -0.15) is 0 Å². The van der Waals surface area contributed by atoms with E-state index in [0.29, 0.717) is 24.1 Å². The highest BCUT2D eigenvalue weighted by Gasteiger charge is 2.03. The summed E-state index contributed by atoms with van der Waals surface area (Å²) in [6.45, 7) is 3.10. The molecule has 0 amide bonds. The van der Waals surface area contributed by atoms with Crippen LogP contribution in [0.1, 0.15) is 12.5 Å². The van der Waals surface area contributed by atoms with Gasteiger partial charge in [0.1, 0.15) is 0 Å². The molecule has 0 spiro atoms. The number of nitrogens with two attached hydrogens (primary N) is 1. The number of hydrazine groups is 1. The van der Waals surface area contributed by atoms with Crippen molar-refractivity contribution in [3.8, 4) is 0 Å². The standard InChI is InChI=1S/C12H19ClN4O/c1-9(8-18-2)16-12(17-14)15-7-10-3-5-11(13)6-4-10/h3-6,9H,7-8,14H2,1-2H3,(H2,15,16,17). The molecule has 4 N–H and O–H groups in total. The summed E-state index contributed by atoms with van der Waals surface area (Å²) in [6, 6.07) is 7.67. The molecule has 0 saturated carbocycles. The summed E-state index contributed by atoms with van der Waals surface area (Å²) in [7, 11) is 1.65. The van der Waals surface area contributed by atoms with Gasteiger partial charge in [-0.25, -0.2) is 10.8 Å². The number of nitrogens with one attached hydrogen (secondary N) is 2. The molecule has 100 valence electrons. The predicted molar refractivity (Wildman–Crippen MR) is 74.4 cm³/mol. The lowest BCUT2D eigenvalue weighted by atomic mass is 10.2. The Morgan fingerprint density at radius 1 is 1.44 bits per heavy atom. The molecule has 18 heavy (non-hydrogen) atoms. The van der Waals surface area contributed by atoms with Crippen molar-refractivity contribution >= 4 is 17.6 Å². The first-order valence-corrected chi connectivity index (χ1v) is 6.04. The van der Waals surface area contributed by atoms with Gasteiger partial charge >= 0.3 is 0 Å². The van der Waals surface area contributed by atoms with Crippen molar-refractivity contribution in [1.82, 2.24) is 10.7 Å². The van der Waals surface area contributed by atoms with Crippen molar-refractivity contribution in [3.05, 3.63) is 34.9 Å².